The first-order valence-corrected chi connectivity index (χ1v) is 9.02. The van der Waals surface area contributed by atoms with Gasteiger partial charge in [-0.05, 0) is 65.0 Å². The number of ether oxygens (including phenoxy) is 1. The van der Waals surface area contributed by atoms with Crippen molar-refractivity contribution in [1.29, 1.82) is 0 Å². The van der Waals surface area contributed by atoms with E-state index < -0.39 is 5.60 Å². The Labute approximate surface area is 127 Å². The Hall–Kier alpha value is -0.420. The maximum absolute atomic E-state index is 11.6. The third kappa shape index (κ3) is 8.00. The van der Waals surface area contributed by atoms with E-state index in [9.17, 15) is 4.79 Å². The van der Waals surface area contributed by atoms with Crippen LogP contribution >= 0.6 is 11.8 Å². The van der Waals surface area contributed by atoms with Crippen LogP contribution in [0.5, 0.6) is 0 Å². The van der Waals surface area contributed by atoms with Crippen LogP contribution in [-0.2, 0) is 4.74 Å². The van der Waals surface area contributed by atoms with Gasteiger partial charge < -0.3 is 15.4 Å². The molecule has 1 aliphatic rings. The summed E-state index contributed by atoms with van der Waals surface area (Å²) in [6.45, 7) is 6.75. The molecule has 20 heavy (non-hydrogen) atoms. The number of carbonyl (C=O) groups excluding carboxylic acids is 1. The van der Waals surface area contributed by atoms with Gasteiger partial charge in [-0.3, -0.25) is 0 Å². The summed E-state index contributed by atoms with van der Waals surface area (Å²) in [5.41, 5.74) is -0.414. The Morgan fingerprint density at radius 1 is 1.20 bits per heavy atom. The minimum absolute atomic E-state index is 0.277. The van der Waals surface area contributed by atoms with Gasteiger partial charge in [0.05, 0.1) is 0 Å². The van der Waals surface area contributed by atoms with Gasteiger partial charge in [0.15, 0.2) is 0 Å². The standard InChI is InChI=1S/C15H30N2O2S/c1-15(2,3)19-14(18)17-13-10-12(11-13)16-8-6-5-7-9-20-4/h12-13,16H,5-11H2,1-4H3,(H,17,18). The molecular weight excluding hydrogens is 272 g/mol. The Morgan fingerprint density at radius 3 is 2.50 bits per heavy atom. The minimum Gasteiger partial charge on any atom is -0.444 e. The second-order valence-electron chi connectivity index (χ2n) is 6.52. The summed E-state index contributed by atoms with van der Waals surface area (Å²) < 4.78 is 5.24. The summed E-state index contributed by atoms with van der Waals surface area (Å²) in [7, 11) is 0. The molecule has 4 nitrogen and oxygen atoms in total. The molecule has 0 heterocycles. The van der Waals surface area contributed by atoms with Crippen molar-refractivity contribution in [2.75, 3.05) is 18.6 Å². The third-order valence-electron chi connectivity index (χ3n) is 3.32. The predicted molar refractivity (Wildman–Crippen MR) is 86.4 cm³/mol. The molecule has 0 aromatic carbocycles. The fraction of sp³-hybridized carbons (Fsp3) is 0.933. The number of rotatable bonds is 8. The third-order valence-corrected chi connectivity index (χ3v) is 4.01. The fourth-order valence-electron chi connectivity index (χ4n) is 2.23. The molecule has 5 heteroatoms. The summed E-state index contributed by atoms with van der Waals surface area (Å²) >= 11 is 1.92. The second-order valence-corrected chi connectivity index (χ2v) is 7.50. The molecule has 0 spiro atoms. The summed E-state index contributed by atoms with van der Waals surface area (Å²) in [6, 6.07) is 0.842. The van der Waals surface area contributed by atoms with E-state index in [2.05, 4.69) is 16.9 Å². The lowest BCUT2D eigenvalue weighted by atomic mass is 9.87. The maximum Gasteiger partial charge on any atom is 0.407 e. The number of carbonyl (C=O) groups is 1. The van der Waals surface area contributed by atoms with E-state index in [0.717, 1.165) is 19.4 Å². The van der Waals surface area contributed by atoms with Crippen LogP contribution in [-0.4, -0.2) is 42.3 Å². The first-order valence-electron chi connectivity index (χ1n) is 7.62. The largest absolute Gasteiger partial charge is 0.444 e. The highest BCUT2D eigenvalue weighted by atomic mass is 32.2. The van der Waals surface area contributed by atoms with Gasteiger partial charge >= 0.3 is 6.09 Å². The van der Waals surface area contributed by atoms with Crippen molar-refractivity contribution in [3.05, 3.63) is 0 Å². The maximum atomic E-state index is 11.6. The molecule has 0 aromatic rings. The normalized spacial score (nSPS) is 22.2. The summed E-state index contributed by atoms with van der Waals surface area (Å²) in [6.07, 6.45) is 7.77. The van der Waals surface area contributed by atoms with E-state index >= 15 is 0 Å². The molecular formula is C15H30N2O2S. The molecule has 118 valence electrons. The fourth-order valence-corrected chi connectivity index (χ4v) is 2.72. The first-order chi connectivity index (χ1) is 9.40. The molecule has 0 aromatic heterocycles. The lowest BCUT2D eigenvalue weighted by molar-refractivity contribution is 0.0465. The van der Waals surface area contributed by atoms with Gasteiger partial charge in [0.2, 0.25) is 0 Å². The number of thioether (sulfide) groups is 1. The van der Waals surface area contributed by atoms with Gasteiger partial charge in [-0.2, -0.15) is 11.8 Å². The smallest absolute Gasteiger partial charge is 0.407 e. The Balaban J connectivity index is 1.96. The van der Waals surface area contributed by atoms with Gasteiger partial charge in [-0.1, -0.05) is 6.42 Å². The molecule has 1 amide bonds. The van der Waals surface area contributed by atoms with Crippen LogP contribution in [0.1, 0.15) is 52.9 Å². The summed E-state index contributed by atoms with van der Waals surface area (Å²) in [5, 5.41) is 6.47. The van der Waals surface area contributed by atoms with Crippen molar-refractivity contribution in [3.8, 4) is 0 Å². The van der Waals surface area contributed by atoms with Crippen LogP contribution < -0.4 is 10.6 Å². The van der Waals surface area contributed by atoms with Crippen LogP contribution in [0.25, 0.3) is 0 Å². The average molecular weight is 302 g/mol. The van der Waals surface area contributed by atoms with Gasteiger partial charge in [0, 0.05) is 12.1 Å². The van der Waals surface area contributed by atoms with Crippen LogP contribution in [0.3, 0.4) is 0 Å². The van der Waals surface area contributed by atoms with E-state index in [0.29, 0.717) is 6.04 Å². The Morgan fingerprint density at radius 2 is 1.90 bits per heavy atom. The quantitative estimate of drug-likeness (QED) is 0.676. The van der Waals surface area contributed by atoms with Crippen LogP contribution in [0.15, 0.2) is 0 Å². The van der Waals surface area contributed by atoms with E-state index in [-0.39, 0.29) is 12.1 Å². The lowest BCUT2D eigenvalue weighted by Crippen LogP contribution is -2.53. The minimum atomic E-state index is -0.414. The molecule has 1 saturated carbocycles. The molecule has 1 rings (SSSR count). The summed E-state index contributed by atoms with van der Waals surface area (Å²) in [5.74, 6) is 1.27. The summed E-state index contributed by atoms with van der Waals surface area (Å²) in [4.78, 5) is 11.6. The highest BCUT2D eigenvalue weighted by Crippen LogP contribution is 2.20. The molecule has 0 atom stereocenters. The van der Waals surface area contributed by atoms with E-state index in [1.165, 1.54) is 25.0 Å². The molecule has 0 saturated heterocycles. The number of hydrogen-bond acceptors (Lipinski definition) is 4. The Kier molecular flexibility index (Phi) is 7.74. The van der Waals surface area contributed by atoms with Crippen LogP contribution in [0.2, 0.25) is 0 Å². The number of nitrogens with one attached hydrogen (secondary N) is 2. The number of alkyl carbamates (subject to hydrolysis) is 1. The highest BCUT2D eigenvalue weighted by molar-refractivity contribution is 7.98. The highest BCUT2D eigenvalue weighted by Gasteiger charge is 2.30. The monoisotopic (exact) mass is 302 g/mol. The second kappa shape index (κ2) is 8.78. The van der Waals surface area contributed by atoms with Crippen molar-refractivity contribution < 1.29 is 9.53 Å². The van der Waals surface area contributed by atoms with E-state index in [4.69, 9.17) is 4.74 Å². The van der Waals surface area contributed by atoms with Crippen LogP contribution in [0.4, 0.5) is 4.79 Å². The molecule has 2 N–H and O–H groups in total. The van der Waals surface area contributed by atoms with Crippen molar-refractivity contribution >= 4 is 17.9 Å². The average Bonchev–Trinajstić information content (AvgIpc) is 2.27. The van der Waals surface area contributed by atoms with Crippen molar-refractivity contribution in [3.63, 3.8) is 0 Å². The molecule has 0 unspecified atom stereocenters. The molecule has 0 radical (unpaired) electrons. The van der Waals surface area contributed by atoms with Crippen molar-refractivity contribution in [2.45, 2.75) is 70.6 Å². The van der Waals surface area contributed by atoms with Gasteiger partial charge in [-0.25, -0.2) is 4.79 Å². The zero-order valence-electron chi connectivity index (χ0n) is 13.3. The van der Waals surface area contributed by atoms with Gasteiger partial charge in [0.1, 0.15) is 5.60 Å². The first kappa shape index (κ1) is 17.6. The van der Waals surface area contributed by atoms with Crippen molar-refractivity contribution in [1.82, 2.24) is 10.6 Å². The molecule has 1 fully saturated rings. The lowest BCUT2D eigenvalue weighted by Gasteiger charge is -2.36. The Bertz CT molecular complexity index is 286. The molecule has 0 bridgehead atoms. The van der Waals surface area contributed by atoms with E-state index in [1.807, 2.05) is 32.5 Å². The number of unbranched alkanes of at least 4 members (excludes halogenated alkanes) is 2. The molecule has 0 aliphatic heterocycles. The predicted octanol–water partition coefficient (Wildman–Crippen LogP) is 3.17. The number of amides is 1. The zero-order chi connectivity index (χ0) is 15.0. The van der Waals surface area contributed by atoms with Gasteiger partial charge in [0.25, 0.3) is 0 Å². The molecule has 1 aliphatic carbocycles. The van der Waals surface area contributed by atoms with Crippen molar-refractivity contribution in [2.24, 2.45) is 0 Å². The van der Waals surface area contributed by atoms with E-state index in [1.54, 1.807) is 0 Å². The van der Waals surface area contributed by atoms with Crippen LogP contribution in [0, 0.1) is 0 Å². The number of hydrogen-bond donors (Lipinski definition) is 2. The van der Waals surface area contributed by atoms with Gasteiger partial charge in [-0.15, -0.1) is 0 Å². The topological polar surface area (TPSA) is 50.4 Å². The zero-order valence-corrected chi connectivity index (χ0v) is 14.1. The SMILES string of the molecule is CSCCCCCNC1CC(NC(=O)OC(C)(C)C)C1.